The maximum Gasteiger partial charge on any atom is 0.416 e. The Morgan fingerprint density at radius 1 is 1.31 bits per heavy atom. The fraction of sp³-hybridized carbons (Fsp3) is 0.545. The zero-order valence-electron chi connectivity index (χ0n) is 18.1. The van der Waals surface area contributed by atoms with Gasteiger partial charge >= 0.3 is 6.18 Å². The van der Waals surface area contributed by atoms with Crippen molar-refractivity contribution in [2.24, 2.45) is 0 Å². The van der Waals surface area contributed by atoms with Gasteiger partial charge in [0.15, 0.2) is 11.5 Å². The van der Waals surface area contributed by atoms with Gasteiger partial charge in [-0.2, -0.15) is 13.2 Å². The molecule has 7 nitrogen and oxygen atoms in total. The maximum atomic E-state index is 13.0. The molecule has 1 saturated carbocycles. The van der Waals surface area contributed by atoms with Crippen LogP contribution in [0.2, 0.25) is 0 Å². The number of carbonyl (C=O) groups excluding carboxylic acids is 1. The smallest absolute Gasteiger partial charge is 0.393 e. The highest BCUT2D eigenvalue weighted by Crippen LogP contribution is 2.33. The Bertz CT molecular complexity index is 899. The summed E-state index contributed by atoms with van der Waals surface area (Å²) in [5, 5.41) is 16.7. The van der Waals surface area contributed by atoms with Crippen LogP contribution in [0.5, 0.6) is 0 Å². The molecular weight excluding hydrogens is 427 g/mol. The molecule has 2 N–H and O–H groups in total. The van der Waals surface area contributed by atoms with Gasteiger partial charge in [-0.3, -0.25) is 9.69 Å². The number of halogens is 3. The van der Waals surface area contributed by atoms with Crippen molar-refractivity contribution in [1.82, 2.24) is 15.4 Å². The number of likely N-dealkylation sites (N-methyl/N-ethyl adjacent to an activating group) is 1. The number of rotatable bonds is 8. The van der Waals surface area contributed by atoms with E-state index in [1.807, 2.05) is 11.9 Å². The second kappa shape index (κ2) is 10.5. The molecule has 1 aromatic heterocycles. The molecule has 10 heteroatoms. The number of nitrogens with one attached hydrogen (secondary N) is 1. The molecule has 1 aromatic carbocycles. The summed E-state index contributed by atoms with van der Waals surface area (Å²) in [7, 11) is 3.42. The maximum absolute atomic E-state index is 13.0. The lowest BCUT2D eigenvalue weighted by Gasteiger charge is -2.26. The molecule has 176 valence electrons. The molecule has 1 heterocycles. The molecule has 32 heavy (non-hydrogen) atoms. The van der Waals surface area contributed by atoms with Gasteiger partial charge in [0.1, 0.15) is 0 Å². The minimum Gasteiger partial charge on any atom is -0.393 e. The molecule has 0 saturated heterocycles. The Labute approximate surface area is 184 Å². The third kappa shape index (κ3) is 6.08. The van der Waals surface area contributed by atoms with E-state index in [4.69, 9.17) is 9.26 Å². The average molecular weight is 455 g/mol. The second-order valence-corrected chi connectivity index (χ2v) is 8.14. The Balaban J connectivity index is 1.88. The Kier molecular flexibility index (Phi) is 7.91. The van der Waals surface area contributed by atoms with Crippen LogP contribution in [0.4, 0.5) is 13.2 Å². The van der Waals surface area contributed by atoms with Gasteiger partial charge in [0.2, 0.25) is 0 Å². The number of alkyl halides is 3. The first kappa shape index (κ1) is 24.2. The monoisotopic (exact) mass is 455 g/mol. The zero-order valence-corrected chi connectivity index (χ0v) is 18.1. The van der Waals surface area contributed by atoms with E-state index >= 15 is 0 Å². The lowest BCUT2D eigenvalue weighted by atomic mass is 9.93. The molecule has 1 aliphatic rings. The average Bonchev–Trinajstić information content (AvgIpc) is 3.15. The van der Waals surface area contributed by atoms with E-state index in [0.717, 1.165) is 25.0 Å². The van der Waals surface area contributed by atoms with Crippen LogP contribution in [0.1, 0.15) is 47.3 Å². The van der Waals surface area contributed by atoms with Gasteiger partial charge in [-0.25, -0.2) is 0 Å². The van der Waals surface area contributed by atoms with Crippen molar-refractivity contribution < 1.29 is 32.3 Å². The summed E-state index contributed by atoms with van der Waals surface area (Å²) in [6, 6.07) is 4.39. The molecule has 0 aliphatic heterocycles. The normalized spacial score (nSPS) is 19.3. The second-order valence-electron chi connectivity index (χ2n) is 8.14. The molecule has 2 aromatic rings. The first-order valence-electron chi connectivity index (χ1n) is 10.5. The van der Waals surface area contributed by atoms with Gasteiger partial charge in [0.05, 0.1) is 18.3 Å². The third-order valence-corrected chi connectivity index (χ3v) is 5.56. The summed E-state index contributed by atoms with van der Waals surface area (Å²) in [5.41, 5.74) is 0.197. The fourth-order valence-electron chi connectivity index (χ4n) is 3.82. The molecule has 1 fully saturated rings. The van der Waals surface area contributed by atoms with Crippen LogP contribution >= 0.6 is 0 Å². The van der Waals surface area contributed by atoms with E-state index in [2.05, 4.69) is 10.5 Å². The fourth-order valence-corrected chi connectivity index (χ4v) is 3.82. The number of carbonyl (C=O) groups is 1. The summed E-state index contributed by atoms with van der Waals surface area (Å²) in [4.78, 5) is 14.9. The SMILES string of the molecule is COCCN(C)Cc1c(C(=O)N[C@@H]2CCC[C@H](O)C2)noc1-c1ccc(C(F)(F)F)cc1. The molecule has 0 radical (unpaired) electrons. The molecule has 1 amide bonds. The van der Waals surface area contributed by atoms with Crippen LogP contribution in [-0.4, -0.2) is 60.5 Å². The van der Waals surface area contributed by atoms with E-state index in [9.17, 15) is 23.1 Å². The molecule has 1 aliphatic carbocycles. The standard InChI is InChI=1S/C22H28F3N3O4/c1-28(10-11-31-2)13-18-19(21(30)26-16-4-3-5-17(29)12-16)27-32-20(18)14-6-8-15(9-7-14)22(23,24)25/h6-9,16-17,29H,3-5,10-13H2,1-2H3,(H,26,30)/t16-,17+/m1/s1. The lowest BCUT2D eigenvalue weighted by Crippen LogP contribution is -2.40. The summed E-state index contributed by atoms with van der Waals surface area (Å²) >= 11 is 0. The molecule has 0 spiro atoms. The van der Waals surface area contributed by atoms with Crippen molar-refractivity contribution in [2.45, 2.75) is 50.6 Å². The van der Waals surface area contributed by atoms with E-state index in [1.165, 1.54) is 12.1 Å². The predicted molar refractivity (Wildman–Crippen MR) is 111 cm³/mol. The largest absolute Gasteiger partial charge is 0.416 e. The van der Waals surface area contributed by atoms with Gasteiger partial charge in [0.25, 0.3) is 5.91 Å². The van der Waals surface area contributed by atoms with Crippen LogP contribution in [0.15, 0.2) is 28.8 Å². The van der Waals surface area contributed by atoms with E-state index < -0.39 is 23.8 Å². The summed E-state index contributed by atoms with van der Waals surface area (Å²) < 4.78 is 49.3. The van der Waals surface area contributed by atoms with Gasteiger partial charge in [-0.05, 0) is 44.9 Å². The predicted octanol–water partition coefficient (Wildman–Crippen LogP) is 3.47. The quantitative estimate of drug-likeness (QED) is 0.634. The van der Waals surface area contributed by atoms with Crippen molar-refractivity contribution in [1.29, 1.82) is 0 Å². The molecular formula is C22H28F3N3O4. The van der Waals surface area contributed by atoms with Gasteiger partial charge in [-0.1, -0.05) is 17.3 Å². The number of nitrogens with zero attached hydrogens (tertiary/aromatic N) is 2. The molecule has 0 unspecified atom stereocenters. The number of aromatic nitrogens is 1. The van der Waals surface area contributed by atoms with Crippen molar-refractivity contribution >= 4 is 5.91 Å². The van der Waals surface area contributed by atoms with Gasteiger partial charge in [0, 0.05) is 37.4 Å². The number of amides is 1. The highest BCUT2D eigenvalue weighted by molar-refractivity contribution is 5.95. The number of aliphatic hydroxyl groups is 1. The van der Waals surface area contributed by atoms with Gasteiger partial charge < -0.3 is 19.7 Å². The number of benzene rings is 1. The van der Waals surface area contributed by atoms with Crippen LogP contribution in [0, 0.1) is 0 Å². The molecule has 3 rings (SSSR count). The minimum atomic E-state index is -4.45. The van der Waals surface area contributed by atoms with Crippen molar-refractivity contribution in [3.63, 3.8) is 0 Å². The first-order valence-corrected chi connectivity index (χ1v) is 10.5. The van der Waals surface area contributed by atoms with E-state index in [0.29, 0.717) is 43.7 Å². The van der Waals surface area contributed by atoms with E-state index in [-0.39, 0.29) is 17.5 Å². The first-order chi connectivity index (χ1) is 15.2. The lowest BCUT2D eigenvalue weighted by molar-refractivity contribution is -0.137. The number of methoxy groups -OCH3 is 1. The summed E-state index contributed by atoms with van der Waals surface area (Å²) in [5.74, 6) is -0.182. The van der Waals surface area contributed by atoms with Crippen LogP contribution in [0.3, 0.4) is 0 Å². The van der Waals surface area contributed by atoms with Crippen LogP contribution < -0.4 is 5.32 Å². The number of hydrogen-bond acceptors (Lipinski definition) is 6. The highest BCUT2D eigenvalue weighted by Gasteiger charge is 2.31. The highest BCUT2D eigenvalue weighted by atomic mass is 19.4. The van der Waals surface area contributed by atoms with Crippen molar-refractivity contribution in [3.8, 4) is 11.3 Å². The van der Waals surface area contributed by atoms with Crippen molar-refractivity contribution in [2.75, 3.05) is 27.3 Å². The zero-order chi connectivity index (χ0) is 23.3. The summed E-state index contributed by atoms with van der Waals surface area (Å²) in [6.07, 6.45) is -2.14. The van der Waals surface area contributed by atoms with Crippen LogP contribution in [0.25, 0.3) is 11.3 Å². The van der Waals surface area contributed by atoms with Gasteiger partial charge in [-0.15, -0.1) is 0 Å². The number of aliphatic hydroxyl groups excluding tert-OH is 1. The number of hydrogen-bond donors (Lipinski definition) is 2. The van der Waals surface area contributed by atoms with Crippen LogP contribution in [-0.2, 0) is 17.5 Å². The molecule has 2 atom stereocenters. The Hall–Kier alpha value is -2.43. The topological polar surface area (TPSA) is 87.8 Å². The summed E-state index contributed by atoms with van der Waals surface area (Å²) in [6.45, 7) is 1.34. The Morgan fingerprint density at radius 3 is 2.66 bits per heavy atom. The number of ether oxygens (including phenoxy) is 1. The van der Waals surface area contributed by atoms with E-state index in [1.54, 1.807) is 7.11 Å². The Morgan fingerprint density at radius 2 is 2.03 bits per heavy atom. The minimum absolute atomic E-state index is 0.0872. The third-order valence-electron chi connectivity index (χ3n) is 5.56. The molecule has 0 bridgehead atoms. The van der Waals surface area contributed by atoms with Crippen molar-refractivity contribution in [3.05, 3.63) is 41.1 Å².